The Balaban J connectivity index is 1.86. The minimum absolute atomic E-state index is 0.0132. The second-order valence-electron chi connectivity index (χ2n) is 8.19. The van der Waals surface area contributed by atoms with Crippen LogP contribution < -0.4 is 0 Å². The first-order valence-corrected chi connectivity index (χ1v) is 10.2. The van der Waals surface area contributed by atoms with E-state index in [0.717, 1.165) is 11.6 Å². The summed E-state index contributed by atoms with van der Waals surface area (Å²) in [5.74, 6) is -1.54. The predicted octanol–water partition coefficient (Wildman–Crippen LogP) is 4.90. The second-order valence-corrected chi connectivity index (χ2v) is 8.19. The highest BCUT2D eigenvalue weighted by atomic mass is 19.4. The number of hydrogen-bond acceptors (Lipinski definition) is 3. The molecule has 1 heterocycles. The molecule has 0 spiro atoms. The van der Waals surface area contributed by atoms with Crippen molar-refractivity contribution in [1.82, 2.24) is 10.0 Å². The van der Waals surface area contributed by atoms with E-state index >= 15 is 0 Å². The number of hydrogen-bond donors (Lipinski definition) is 0. The molecule has 0 bridgehead atoms. The molecule has 0 radical (unpaired) electrons. The largest absolute Gasteiger partial charge is 0.416 e. The number of benzene rings is 2. The molecule has 1 amide bonds. The van der Waals surface area contributed by atoms with Crippen molar-refractivity contribution in [2.24, 2.45) is 0 Å². The smallest absolute Gasteiger partial charge is 0.294 e. The average molecular weight is 428 g/mol. The fourth-order valence-electron chi connectivity index (χ4n) is 4.77. The van der Waals surface area contributed by atoms with Gasteiger partial charge in [0.1, 0.15) is 0 Å². The molecule has 0 fully saturated rings. The van der Waals surface area contributed by atoms with Gasteiger partial charge in [0.05, 0.1) is 5.56 Å². The third-order valence-electron chi connectivity index (χ3n) is 6.01. The maximum absolute atomic E-state index is 13.7. The first-order valence-electron chi connectivity index (χ1n) is 10.2. The molecule has 0 saturated carbocycles. The molecule has 1 aliphatic heterocycles. The lowest BCUT2D eigenvalue weighted by atomic mass is 9.72. The van der Waals surface area contributed by atoms with Gasteiger partial charge in [-0.05, 0) is 29.5 Å². The number of Topliss-reactive ketones (excluding diaryl/α,β-unsaturated/α-hetero) is 1. The highest BCUT2D eigenvalue weighted by Crippen LogP contribution is 2.48. The lowest BCUT2D eigenvalue weighted by molar-refractivity contribution is -0.144. The topological polar surface area (TPSA) is 40.6 Å². The van der Waals surface area contributed by atoms with Gasteiger partial charge < -0.3 is 0 Å². The zero-order valence-electron chi connectivity index (χ0n) is 17.3. The molecule has 0 aromatic heterocycles. The van der Waals surface area contributed by atoms with Crippen LogP contribution in [0.15, 0.2) is 65.9 Å². The van der Waals surface area contributed by atoms with Gasteiger partial charge in [0.15, 0.2) is 5.78 Å². The fraction of sp³-hybridized carbons (Fsp3) is 0.333. The van der Waals surface area contributed by atoms with Crippen LogP contribution in [0.2, 0.25) is 0 Å². The Morgan fingerprint density at radius 1 is 0.903 bits per heavy atom. The van der Waals surface area contributed by atoms with Crippen molar-refractivity contribution in [3.8, 4) is 0 Å². The van der Waals surface area contributed by atoms with Crippen molar-refractivity contribution in [2.75, 3.05) is 14.1 Å². The number of nitrogens with zero attached hydrogens (tertiary/aromatic N) is 2. The van der Waals surface area contributed by atoms with Crippen molar-refractivity contribution in [3.63, 3.8) is 0 Å². The quantitative estimate of drug-likeness (QED) is 0.698. The summed E-state index contributed by atoms with van der Waals surface area (Å²) >= 11 is 0. The molecule has 4 rings (SSSR count). The normalized spacial score (nSPS) is 22.2. The summed E-state index contributed by atoms with van der Waals surface area (Å²) in [5.41, 5.74) is 1.01. The molecule has 2 unspecified atom stereocenters. The minimum atomic E-state index is -4.57. The summed E-state index contributed by atoms with van der Waals surface area (Å²) in [4.78, 5) is 26.4. The summed E-state index contributed by atoms with van der Waals surface area (Å²) in [6.07, 6.45) is -4.11. The van der Waals surface area contributed by atoms with Gasteiger partial charge in [0.2, 0.25) is 5.91 Å². The van der Waals surface area contributed by atoms with E-state index in [1.807, 2.05) is 30.3 Å². The van der Waals surface area contributed by atoms with Crippen LogP contribution in [0, 0.1) is 0 Å². The Hall–Kier alpha value is -2.93. The molecule has 31 heavy (non-hydrogen) atoms. The van der Waals surface area contributed by atoms with Crippen LogP contribution in [-0.4, -0.2) is 35.8 Å². The van der Waals surface area contributed by atoms with E-state index in [1.165, 1.54) is 23.2 Å². The molecule has 0 N–H and O–H groups in total. The fourth-order valence-corrected chi connectivity index (χ4v) is 4.77. The molecule has 7 heteroatoms. The number of carbonyl (C=O) groups is 2. The maximum atomic E-state index is 13.7. The molecule has 2 aromatic carbocycles. The first-order chi connectivity index (χ1) is 14.7. The number of carbonyl (C=O) groups excluding carboxylic acids is 2. The van der Waals surface area contributed by atoms with Crippen molar-refractivity contribution in [2.45, 2.75) is 37.3 Å². The summed E-state index contributed by atoms with van der Waals surface area (Å²) < 4.78 is 41.1. The van der Waals surface area contributed by atoms with Gasteiger partial charge in [-0.1, -0.05) is 48.5 Å². The van der Waals surface area contributed by atoms with E-state index in [0.29, 0.717) is 17.7 Å². The third kappa shape index (κ3) is 3.90. The maximum Gasteiger partial charge on any atom is 0.416 e. The number of amides is 1. The summed E-state index contributed by atoms with van der Waals surface area (Å²) in [6, 6.07) is 14.8. The molecular formula is C24H23F3N2O2. The highest BCUT2D eigenvalue weighted by Gasteiger charge is 2.45. The molecule has 2 aromatic rings. The molecular weight excluding hydrogens is 405 g/mol. The van der Waals surface area contributed by atoms with Gasteiger partial charge in [0.25, 0.3) is 0 Å². The number of alkyl halides is 3. The van der Waals surface area contributed by atoms with Crippen LogP contribution in [0.1, 0.15) is 47.8 Å². The van der Waals surface area contributed by atoms with Gasteiger partial charge in [-0.15, -0.1) is 0 Å². The molecule has 2 aliphatic rings. The van der Waals surface area contributed by atoms with E-state index in [-0.39, 0.29) is 36.0 Å². The number of halogens is 3. The number of hydrazine groups is 1. The van der Waals surface area contributed by atoms with Crippen molar-refractivity contribution in [3.05, 3.63) is 82.6 Å². The first kappa shape index (κ1) is 21.3. The SMILES string of the molecule is CN(C)N1C(=O)CC(c2ccccc2C(F)(F)F)C2=C1CC(c1ccccc1)CC2=O. The Bertz CT molecular complexity index is 1040. The monoisotopic (exact) mass is 428 g/mol. The van der Waals surface area contributed by atoms with Crippen LogP contribution in [0.3, 0.4) is 0 Å². The lowest BCUT2D eigenvalue weighted by Crippen LogP contribution is -2.48. The van der Waals surface area contributed by atoms with Crippen molar-refractivity contribution >= 4 is 11.7 Å². The third-order valence-corrected chi connectivity index (χ3v) is 6.01. The van der Waals surface area contributed by atoms with Crippen LogP contribution in [0.5, 0.6) is 0 Å². The predicted molar refractivity (Wildman–Crippen MR) is 110 cm³/mol. The van der Waals surface area contributed by atoms with Crippen LogP contribution >= 0.6 is 0 Å². The molecule has 2 atom stereocenters. The Morgan fingerprint density at radius 3 is 2.19 bits per heavy atom. The van der Waals surface area contributed by atoms with Gasteiger partial charge in [-0.3, -0.25) is 9.59 Å². The van der Waals surface area contributed by atoms with Crippen LogP contribution in [0.25, 0.3) is 0 Å². The zero-order valence-corrected chi connectivity index (χ0v) is 17.3. The summed E-state index contributed by atoms with van der Waals surface area (Å²) in [5, 5.41) is 3.05. The number of rotatable bonds is 3. The molecule has 4 nitrogen and oxygen atoms in total. The van der Waals surface area contributed by atoms with E-state index in [9.17, 15) is 22.8 Å². The minimum Gasteiger partial charge on any atom is -0.294 e. The van der Waals surface area contributed by atoms with Gasteiger partial charge in [-0.25, -0.2) is 10.0 Å². The average Bonchev–Trinajstić information content (AvgIpc) is 2.72. The summed E-state index contributed by atoms with van der Waals surface area (Å²) in [6.45, 7) is 0. The van der Waals surface area contributed by atoms with Crippen molar-refractivity contribution in [1.29, 1.82) is 0 Å². The molecule has 1 aliphatic carbocycles. The highest BCUT2D eigenvalue weighted by molar-refractivity contribution is 6.02. The van der Waals surface area contributed by atoms with E-state index in [2.05, 4.69) is 0 Å². The summed E-state index contributed by atoms with van der Waals surface area (Å²) in [7, 11) is 3.40. The number of ketones is 1. The standard InChI is InChI=1S/C24H23F3N2O2/c1-28(2)29-20-12-16(15-8-4-3-5-9-15)13-21(30)23(20)18(14-22(29)31)17-10-6-7-11-19(17)24(25,26)27/h3-11,16,18H,12-14H2,1-2H3. The van der Waals surface area contributed by atoms with Crippen LogP contribution in [-0.2, 0) is 15.8 Å². The van der Waals surface area contributed by atoms with Crippen molar-refractivity contribution < 1.29 is 22.8 Å². The zero-order chi connectivity index (χ0) is 22.3. The molecule has 0 saturated heterocycles. The van der Waals surface area contributed by atoms with Gasteiger partial charge >= 0.3 is 6.18 Å². The van der Waals surface area contributed by atoms with Gasteiger partial charge in [-0.2, -0.15) is 13.2 Å². The Morgan fingerprint density at radius 2 is 1.55 bits per heavy atom. The second kappa shape index (κ2) is 7.96. The van der Waals surface area contributed by atoms with Crippen LogP contribution in [0.4, 0.5) is 13.2 Å². The Kier molecular flexibility index (Phi) is 5.47. The van der Waals surface area contributed by atoms with E-state index < -0.39 is 17.7 Å². The number of allylic oxidation sites excluding steroid dienone is 2. The van der Waals surface area contributed by atoms with E-state index in [4.69, 9.17) is 0 Å². The lowest BCUT2D eigenvalue weighted by Gasteiger charge is -2.43. The molecule has 162 valence electrons. The van der Waals surface area contributed by atoms with Gasteiger partial charge in [0, 0.05) is 44.1 Å². The van der Waals surface area contributed by atoms with E-state index in [1.54, 1.807) is 19.1 Å². The Labute approximate surface area is 178 Å².